The minimum atomic E-state index is -0.448. The van der Waals surface area contributed by atoms with Gasteiger partial charge in [-0.2, -0.15) is 5.10 Å². The lowest BCUT2D eigenvalue weighted by Gasteiger charge is -2.30. The topological polar surface area (TPSA) is 92.7 Å². The van der Waals surface area contributed by atoms with Crippen LogP contribution < -0.4 is 14.8 Å². The second kappa shape index (κ2) is 11.9. The number of nitrogens with zero attached hydrogens (tertiary/aromatic N) is 3. The van der Waals surface area contributed by atoms with E-state index < -0.39 is 5.54 Å². The number of hydrogen-bond donors (Lipinski definition) is 1. The highest BCUT2D eigenvalue weighted by Crippen LogP contribution is 2.37. The number of hydrazone groups is 1. The maximum atomic E-state index is 13.7. The summed E-state index contributed by atoms with van der Waals surface area (Å²) in [5.41, 5.74) is 2.01. The maximum absolute atomic E-state index is 13.7. The van der Waals surface area contributed by atoms with E-state index in [0.717, 1.165) is 16.8 Å². The third-order valence-electron chi connectivity index (χ3n) is 5.73. The molecule has 0 fully saturated rings. The molecule has 194 valence electrons. The molecule has 9 nitrogen and oxygen atoms in total. The second-order valence-corrected chi connectivity index (χ2v) is 9.57. The van der Waals surface area contributed by atoms with E-state index in [0.29, 0.717) is 24.5 Å². The van der Waals surface area contributed by atoms with Crippen LogP contribution in [0.3, 0.4) is 0 Å². The van der Waals surface area contributed by atoms with E-state index in [1.54, 1.807) is 21.3 Å². The number of carbonyl (C=O) groups excluding carboxylic acids is 2. The van der Waals surface area contributed by atoms with Crippen LogP contribution in [0.25, 0.3) is 0 Å². The molecule has 9 heteroatoms. The number of urea groups is 1. The van der Waals surface area contributed by atoms with Gasteiger partial charge in [0.2, 0.25) is 0 Å². The molecule has 0 aliphatic carbocycles. The number of nitrogens with one attached hydrogen (secondary N) is 1. The molecule has 2 aromatic carbocycles. The molecule has 0 bridgehead atoms. The van der Waals surface area contributed by atoms with Crippen LogP contribution in [0.15, 0.2) is 53.6 Å². The highest BCUT2D eigenvalue weighted by molar-refractivity contribution is 6.03. The van der Waals surface area contributed by atoms with E-state index in [9.17, 15) is 9.59 Å². The number of methoxy groups -OCH3 is 3. The SMILES string of the molecule is COCCN(CC(=O)N1N=C(c2cccc(OC)c2)CC1c1ccccc1OC)C(=O)NC(C)(C)C. The van der Waals surface area contributed by atoms with Crippen molar-refractivity contribution in [3.63, 3.8) is 0 Å². The van der Waals surface area contributed by atoms with Crippen LogP contribution in [0.4, 0.5) is 4.79 Å². The summed E-state index contributed by atoms with van der Waals surface area (Å²) >= 11 is 0. The summed E-state index contributed by atoms with van der Waals surface area (Å²) in [6, 6.07) is 14.5. The molecule has 1 heterocycles. The Morgan fingerprint density at radius 1 is 1.08 bits per heavy atom. The average molecular weight is 497 g/mol. The van der Waals surface area contributed by atoms with Crippen LogP contribution in [0.5, 0.6) is 11.5 Å². The first-order valence-electron chi connectivity index (χ1n) is 11.9. The van der Waals surface area contributed by atoms with Crippen molar-refractivity contribution in [2.75, 3.05) is 41.0 Å². The molecule has 3 rings (SSSR count). The van der Waals surface area contributed by atoms with Crippen LogP contribution in [-0.2, 0) is 9.53 Å². The van der Waals surface area contributed by atoms with Gasteiger partial charge in [-0.3, -0.25) is 4.79 Å². The molecule has 1 aliphatic heterocycles. The summed E-state index contributed by atoms with van der Waals surface area (Å²) in [6.07, 6.45) is 0.492. The Balaban J connectivity index is 1.94. The first kappa shape index (κ1) is 27.0. The summed E-state index contributed by atoms with van der Waals surface area (Å²) in [4.78, 5) is 28.1. The Morgan fingerprint density at radius 3 is 2.50 bits per heavy atom. The zero-order valence-corrected chi connectivity index (χ0v) is 21.9. The van der Waals surface area contributed by atoms with Crippen LogP contribution >= 0.6 is 0 Å². The molecule has 0 radical (unpaired) electrons. The monoisotopic (exact) mass is 496 g/mol. The minimum Gasteiger partial charge on any atom is -0.497 e. The Hall–Kier alpha value is -3.59. The summed E-state index contributed by atoms with van der Waals surface area (Å²) in [5, 5.41) is 9.13. The van der Waals surface area contributed by atoms with E-state index in [4.69, 9.17) is 19.3 Å². The molecule has 3 amide bonds. The van der Waals surface area contributed by atoms with Gasteiger partial charge >= 0.3 is 6.03 Å². The number of hydrogen-bond acceptors (Lipinski definition) is 6. The minimum absolute atomic E-state index is 0.147. The van der Waals surface area contributed by atoms with Crippen LogP contribution in [0, 0.1) is 0 Å². The summed E-state index contributed by atoms with van der Waals surface area (Å²) in [7, 11) is 4.78. The lowest BCUT2D eigenvalue weighted by Crippen LogP contribution is -2.52. The fraction of sp³-hybridized carbons (Fsp3) is 0.444. The molecule has 1 atom stereocenters. The van der Waals surface area contributed by atoms with Gasteiger partial charge in [0.05, 0.1) is 32.6 Å². The normalized spacial score (nSPS) is 15.3. The number of ether oxygens (including phenoxy) is 3. The van der Waals surface area contributed by atoms with Crippen LogP contribution in [0.2, 0.25) is 0 Å². The van der Waals surface area contributed by atoms with Gasteiger partial charge in [0, 0.05) is 36.7 Å². The zero-order valence-electron chi connectivity index (χ0n) is 21.9. The van der Waals surface area contributed by atoms with Gasteiger partial charge < -0.3 is 24.4 Å². The number of rotatable bonds is 9. The van der Waals surface area contributed by atoms with E-state index >= 15 is 0 Å². The van der Waals surface area contributed by atoms with Gasteiger partial charge in [0.1, 0.15) is 18.0 Å². The zero-order chi connectivity index (χ0) is 26.3. The van der Waals surface area contributed by atoms with E-state index in [2.05, 4.69) is 5.32 Å². The number of carbonyl (C=O) groups is 2. The van der Waals surface area contributed by atoms with E-state index in [-0.39, 0.29) is 31.1 Å². The Morgan fingerprint density at radius 2 is 1.83 bits per heavy atom. The van der Waals surface area contributed by atoms with Gasteiger partial charge in [-0.1, -0.05) is 30.3 Å². The summed E-state index contributed by atoms with van der Waals surface area (Å²) in [5.74, 6) is 1.08. The van der Waals surface area contributed by atoms with Gasteiger partial charge in [0.15, 0.2) is 0 Å². The molecular formula is C27H36N4O5. The molecule has 1 unspecified atom stereocenters. The Kier molecular flexibility index (Phi) is 8.93. The molecule has 0 saturated heterocycles. The second-order valence-electron chi connectivity index (χ2n) is 9.57. The Bertz CT molecular complexity index is 1100. The molecule has 2 aromatic rings. The van der Waals surface area contributed by atoms with Crippen molar-refractivity contribution in [3.8, 4) is 11.5 Å². The Labute approximate surface area is 213 Å². The highest BCUT2D eigenvalue weighted by Gasteiger charge is 2.36. The van der Waals surface area contributed by atoms with Gasteiger partial charge in [0.25, 0.3) is 5.91 Å². The molecule has 36 heavy (non-hydrogen) atoms. The van der Waals surface area contributed by atoms with Gasteiger partial charge in [-0.05, 0) is 39.0 Å². The maximum Gasteiger partial charge on any atom is 0.318 e. The molecule has 0 saturated carbocycles. The van der Waals surface area contributed by atoms with Crippen molar-refractivity contribution in [2.24, 2.45) is 5.10 Å². The fourth-order valence-corrected chi connectivity index (χ4v) is 3.99. The van der Waals surface area contributed by atoms with E-state index in [1.165, 1.54) is 9.91 Å². The smallest absolute Gasteiger partial charge is 0.318 e. The molecule has 1 N–H and O–H groups in total. The largest absolute Gasteiger partial charge is 0.497 e. The predicted molar refractivity (Wildman–Crippen MR) is 138 cm³/mol. The van der Waals surface area contributed by atoms with Crippen molar-refractivity contribution < 1.29 is 23.8 Å². The van der Waals surface area contributed by atoms with Crippen molar-refractivity contribution >= 4 is 17.6 Å². The molecule has 0 aromatic heterocycles. The predicted octanol–water partition coefficient (Wildman–Crippen LogP) is 3.84. The van der Waals surface area contributed by atoms with Crippen molar-refractivity contribution in [1.82, 2.24) is 15.2 Å². The lowest BCUT2D eigenvalue weighted by molar-refractivity contribution is -0.133. The van der Waals surface area contributed by atoms with E-state index in [1.807, 2.05) is 69.3 Å². The average Bonchev–Trinajstić information content (AvgIpc) is 3.31. The quantitative estimate of drug-likeness (QED) is 0.570. The van der Waals surface area contributed by atoms with Gasteiger partial charge in [-0.25, -0.2) is 9.80 Å². The summed E-state index contributed by atoms with van der Waals surface area (Å²) < 4.78 is 16.1. The number of amides is 3. The third-order valence-corrected chi connectivity index (χ3v) is 5.73. The number of para-hydroxylation sites is 1. The summed E-state index contributed by atoms with van der Waals surface area (Å²) in [6.45, 7) is 6.10. The first-order chi connectivity index (χ1) is 17.2. The molecule has 1 aliphatic rings. The van der Waals surface area contributed by atoms with Crippen LogP contribution in [-0.4, -0.2) is 74.1 Å². The lowest BCUT2D eigenvalue weighted by atomic mass is 9.97. The van der Waals surface area contributed by atoms with Crippen molar-refractivity contribution in [3.05, 3.63) is 59.7 Å². The van der Waals surface area contributed by atoms with Gasteiger partial charge in [-0.15, -0.1) is 0 Å². The number of benzene rings is 2. The third kappa shape index (κ3) is 6.75. The molecule has 0 spiro atoms. The molecular weight excluding hydrogens is 460 g/mol. The highest BCUT2D eigenvalue weighted by atomic mass is 16.5. The standard InChI is InChI=1S/C27H36N4O5/c1-27(2,3)28-26(33)30(14-15-34-4)18-25(32)31-23(21-12-7-8-13-24(21)36-6)17-22(29-31)19-10-9-11-20(16-19)35-5/h7-13,16,23H,14-15,17-18H2,1-6H3,(H,28,33). The van der Waals surface area contributed by atoms with Crippen molar-refractivity contribution in [1.29, 1.82) is 0 Å². The van der Waals surface area contributed by atoms with Crippen LogP contribution in [0.1, 0.15) is 44.4 Å². The fourth-order valence-electron chi connectivity index (χ4n) is 3.99. The van der Waals surface area contributed by atoms with Crippen molar-refractivity contribution in [2.45, 2.75) is 38.8 Å². The first-order valence-corrected chi connectivity index (χ1v) is 11.9.